The van der Waals surface area contributed by atoms with Gasteiger partial charge in [-0.25, -0.2) is 4.39 Å². The number of rotatable bonds is 2. The molecule has 5 heteroatoms. The summed E-state index contributed by atoms with van der Waals surface area (Å²) in [6, 6.07) is 4.23. The molecule has 3 N–H and O–H groups in total. The van der Waals surface area contributed by atoms with Gasteiger partial charge in [-0.1, -0.05) is 12.1 Å². The zero-order valence-electron chi connectivity index (χ0n) is 6.71. The van der Waals surface area contributed by atoms with E-state index < -0.39 is 12.7 Å². The Bertz CT molecular complexity index is 285. The van der Waals surface area contributed by atoms with Gasteiger partial charge in [0.2, 0.25) is 0 Å². The summed E-state index contributed by atoms with van der Waals surface area (Å²) in [6.07, 6.45) is 0. The van der Waals surface area contributed by atoms with E-state index in [1.165, 1.54) is 0 Å². The zero-order valence-corrected chi connectivity index (χ0v) is 9.11. The summed E-state index contributed by atoms with van der Waals surface area (Å²) in [5.41, 5.74) is 5.83. The van der Waals surface area contributed by atoms with E-state index in [0.29, 0.717) is 10.0 Å². The highest BCUT2D eigenvalue weighted by Gasteiger charge is 2.11. The predicted molar refractivity (Wildman–Crippen MR) is 56.0 cm³/mol. The van der Waals surface area contributed by atoms with Crippen molar-refractivity contribution < 1.29 is 9.50 Å². The summed E-state index contributed by atoms with van der Waals surface area (Å²) in [5.74, 6) is 0.0163. The molecule has 0 heterocycles. The van der Waals surface area contributed by atoms with Crippen molar-refractivity contribution in [1.29, 1.82) is 0 Å². The summed E-state index contributed by atoms with van der Waals surface area (Å²) in [4.78, 5) is 0. The van der Waals surface area contributed by atoms with Gasteiger partial charge in [-0.2, -0.15) is 0 Å². The minimum absolute atomic E-state index is 0. The first-order chi connectivity index (χ1) is 5.66. The van der Waals surface area contributed by atoms with Crippen LogP contribution in [0.4, 0.5) is 4.39 Å². The molecule has 2 nitrogen and oxygen atoms in total. The van der Waals surface area contributed by atoms with Crippen LogP contribution in [0, 0.1) is 0 Å². The minimum Gasteiger partial charge on any atom is -0.506 e. The highest BCUT2D eigenvalue weighted by atomic mass is 79.9. The number of hydrogen-bond acceptors (Lipinski definition) is 2. The van der Waals surface area contributed by atoms with Gasteiger partial charge >= 0.3 is 0 Å². The van der Waals surface area contributed by atoms with Crippen LogP contribution in [0.2, 0.25) is 0 Å². The zero-order chi connectivity index (χ0) is 9.14. The van der Waals surface area contributed by atoms with Gasteiger partial charge < -0.3 is 10.8 Å². The minimum atomic E-state index is -0.748. The summed E-state index contributed by atoms with van der Waals surface area (Å²) < 4.78 is 12.7. The van der Waals surface area contributed by atoms with Crippen molar-refractivity contribution >= 4 is 28.3 Å². The second kappa shape index (κ2) is 5.42. The highest BCUT2D eigenvalue weighted by Crippen LogP contribution is 2.30. The molecule has 0 aromatic heterocycles. The van der Waals surface area contributed by atoms with Crippen molar-refractivity contribution in [2.75, 3.05) is 6.67 Å². The summed E-state index contributed by atoms with van der Waals surface area (Å²) in [6.45, 7) is -0.677. The van der Waals surface area contributed by atoms with Crippen LogP contribution in [0.15, 0.2) is 22.7 Å². The average Bonchev–Trinajstić information content (AvgIpc) is 2.08. The number of phenols is 1. The van der Waals surface area contributed by atoms with Crippen molar-refractivity contribution in [2.45, 2.75) is 6.04 Å². The maximum atomic E-state index is 12.1. The number of para-hydroxylation sites is 1. The second-order valence-corrected chi connectivity index (χ2v) is 3.29. The first-order valence-corrected chi connectivity index (χ1v) is 4.25. The molecule has 0 bridgehead atoms. The molecule has 0 spiro atoms. The smallest absolute Gasteiger partial charge is 0.134 e. The van der Waals surface area contributed by atoms with E-state index >= 15 is 0 Å². The second-order valence-electron chi connectivity index (χ2n) is 2.44. The van der Waals surface area contributed by atoms with Crippen LogP contribution in [-0.2, 0) is 0 Å². The lowest BCUT2D eigenvalue weighted by atomic mass is 10.1. The van der Waals surface area contributed by atoms with Crippen LogP contribution in [-0.4, -0.2) is 11.8 Å². The fourth-order valence-electron chi connectivity index (χ4n) is 0.914. The van der Waals surface area contributed by atoms with Crippen LogP contribution in [0.1, 0.15) is 11.6 Å². The van der Waals surface area contributed by atoms with Gasteiger partial charge in [0.25, 0.3) is 0 Å². The van der Waals surface area contributed by atoms with Gasteiger partial charge in [-0.3, -0.25) is 0 Å². The Balaban J connectivity index is 0.00000144. The van der Waals surface area contributed by atoms with Crippen LogP contribution < -0.4 is 5.73 Å². The third kappa shape index (κ3) is 2.83. The van der Waals surface area contributed by atoms with Crippen molar-refractivity contribution in [3.05, 3.63) is 28.2 Å². The quantitative estimate of drug-likeness (QED) is 0.867. The van der Waals surface area contributed by atoms with Crippen LogP contribution >= 0.6 is 28.3 Å². The molecule has 0 amide bonds. The Morgan fingerprint density at radius 2 is 2.15 bits per heavy atom. The van der Waals surface area contributed by atoms with E-state index in [-0.39, 0.29) is 18.2 Å². The standard InChI is InChI=1S/C8H9BrFNO.ClH/c9-6-3-1-2-5(8(6)12)7(11)4-10;/h1-3,7,12H,4,11H2;1H/t7-;/m1./s1. The number of halogens is 3. The maximum Gasteiger partial charge on any atom is 0.134 e. The molecule has 0 saturated carbocycles. The van der Waals surface area contributed by atoms with E-state index in [4.69, 9.17) is 5.73 Å². The van der Waals surface area contributed by atoms with Gasteiger partial charge in [-0.15, -0.1) is 12.4 Å². The van der Waals surface area contributed by atoms with Crippen LogP contribution in [0.3, 0.4) is 0 Å². The molecule has 0 aliphatic rings. The van der Waals surface area contributed by atoms with Gasteiger partial charge in [-0.05, 0) is 22.0 Å². The van der Waals surface area contributed by atoms with Crippen molar-refractivity contribution in [2.24, 2.45) is 5.73 Å². The van der Waals surface area contributed by atoms with Crippen LogP contribution in [0.5, 0.6) is 5.75 Å². The van der Waals surface area contributed by atoms with Gasteiger partial charge in [0.15, 0.2) is 0 Å². The van der Waals surface area contributed by atoms with Gasteiger partial charge in [0.05, 0.1) is 10.5 Å². The highest BCUT2D eigenvalue weighted by molar-refractivity contribution is 9.10. The third-order valence-corrected chi connectivity index (χ3v) is 2.22. The lowest BCUT2D eigenvalue weighted by Crippen LogP contribution is -2.12. The molecule has 0 radical (unpaired) electrons. The van der Waals surface area contributed by atoms with E-state index in [0.717, 1.165) is 0 Å². The Hall–Kier alpha value is -0.320. The van der Waals surface area contributed by atoms with Gasteiger partial charge in [0, 0.05) is 5.56 Å². The Morgan fingerprint density at radius 3 is 2.69 bits per heavy atom. The lowest BCUT2D eigenvalue weighted by molar-refractivity contribution is 0.413. The SMILES string of the molecule is Cl.N[C@H](CF)c1cccc(Br)c1O. The average molecular weight is 271 g/mol. The van der Waals surface area contributed by atoms with E-state index in [9.17, 15) is 9.50 Å². The molecular weight excluding hydrogens is 260 g/mol. The molecule has 0 aliphatic heterocycles. The molecule has 0 saturated heterocycles. The van der Waals surface area contributed by atoms with E-state index in [1.807, 2.05) is 0 Å². The fourth-order valence-corrected chi connectivity index (χ4v) is 1.30. The number of phenolic OH excluding ortho intramolecular Hbond substituents is 1. The summed E-state index contributed by atoms with van der Waals surface area (Å²) >= 11 is 3.12. The van der Waals surface area contributed by atoms with E-state index in [1.54, 1.807) is 18.2 Å². The molecule has 0 aliphatic carbocycles. The Kier molecular flexibility index (Phi) is 5.29. The number of nitrogens with two attached hydrogens (primary N) is 1. The molecule has 0 unspecified atom stereocenters. The molecule has 13 heavy (non-hydrogen) atoms. The Morgan fingerprint density at radius 1 is 1.54 bits per heavy atom. The summed E-state index contributed by atoms with van der Waals surface area (Å²) in [7, 11) is 0. The van der Waals surface area contributed by atoms with E-state index in [2.05, 4.69) is 15.9 Å². The number of hydrogen-bond donors (Lipinski definition) is 2. The molecular formula is C8H10BrClFNO. The third-order valence-electron chi connectivity index (χ3n) is 1.58. The topological polar surface area (TPSA) is 46.2 Å². The summed E-state index contributed by atoms with van der Waals surface area (Å²) in [5, 5.41) is 9.41. The first-order valence-electron chi connectivity index (χ1n) is 3.45. The van der Waals surface area contributed by atoms with Crippen LogP contribution in [0.25, 0.3) is 0 Å². The number of alkyl halides is 1. The maximum absolute atomic E-state index is 12.1. The number of aromatic hydroxyl groups is 1. The predicted octanol–water partition coefficient (Wildman–Crippen LogP) is 2.55. The number of benzene rings is 1. The van der Waals surface area contributed by atoms with Crippen molar-refractivity contribution in [1.82, 2.24) is 0 Å². The normalized spacial score (nSPS) is 11.9. The molecule has 1 rings (SSSR count). The Labute approximate surface area is 90.5 Å². The van der Waals surface area contributed by atoms with Crippen molar-refractivity contribution in [3.8, 4) is 5.75 Å². The fraction of sp³-hybridized carbons (Fsp3) is 0.250. The molecule has 1 aromatic carbocycles. The van der Waals surface area contributed by atoms with Gasteiger partial charge in [0.1, 0.15) is 12.4 Å². The lowest BCUT2D eigenvalue weighted by Gasteiger charge is -2.10. The van der Waals surface area contributed by atoms with Crippen molar-refractivity contribution in [3.63, 3.8) is 0 Å². The first kappa shape index (κ1) is 12.7. The molecule has 74 valence electrons. The monoisotopic (exact) mass is 269 g/mol. The molecule has 0 fully saturated rings. The molecule has 1 atom stereocenters. The molecule has 1 aromatic rings. The largest absolute Gasteiger partial charge is 0.506 e.